The lowest BCUT2D eigenvalue weighted by molar-refractivity contribution is -0.146. The molecule has 2 bridgehead atoms. The Labute approximate surface area is 133 Å². The van der Waals surface area contributed by atoms with Crippen molar-refractivity contribution in [1.29, 1.82) is 0 Å². The van der Waals surface area contributed by atoms with E-state index in [0.717, 1.165) is 30.6 Å². The maximum atomic E-state index is 11.6. The zero-order valence-corrected chi connectivity index (χ0v) is 13.4. The topological polar surface area (TPSA) is 44.8 Å². The molecule has 0 amide bonds. The summed E-state index contributed by atoms with van der Waals surface area (Å²) in [6.07, 6.45) is 14.1. The molecule has 0 aromatic heterocycles. The second-order valence-corrected chi connectivity index (χ2v) is 6.95. The van der Waals surface area contributed by atoms with E-state index in [9.17, 15) is 4.79 Å². The van der Waals surface area contributed by atoms with E-state index in [0.29, 0.717) is 26.4 Å². The van der Waals surface area contributed by atoms with Crippen LogP contribution in [0.1, 0.15) is 51.4 Å². The van der Waals surface area contributed by atoms with Crippen LogP contribution in [-0.4, -0.2) is 32.1 Å². The zero-order chi connectivity index (χ0) is 15.2. The summed E-state index contributed by atoms with van der Waals surface area (Å²) in [6.45, 7) is 1.18. The van der Waals surface area contributed by atoms with Crippen LogP contribution in [0.25, 0.3) is 0 Å². The summed E-state index contributed by atoms with van der Waals surface area (Å²) in [4.78, 5) is 11.6. The van der Waals surface area contributed by atoms with Gasteiger partial charge in [-0.05, 0) is 43.4 Å². The number of carbonyl (C=O) groups excluding carboxylic acids is 1. The molecule has 2 fully saturated rings. The van der Waals surface area contributed by atoms with Gasteiger partial charge in [-0.3, -0.25) is 4.79 Å². The first-order valence-corrected chi connectivity index (χ1v) is 8.84. The van der Waals surface area contributed by atoms with E-state index in [2.05, 4.69) is 12.2 Å². The molecule has 4 heteroatoms. The van der Waals surface area contributed by atoms with E-state index in [4.69, 9.17) is 14.2 Å². The maximum absolute atomic E-state index is 11.6. The lowest BCUT2D eigenvalue weighted by Crippen LogP contribution is -2.20. The van der Waals surface area contributed by atoms with Crippen LogP contribution < -0.4 is 0 Å². The van der Waals surface area contributed by atoms with Gasteiger partial charge in [-0.2, -0.15) is 0 Å². The molecule has 4 nitrogen and oxygen atoms in total. The lowest BCUT2D eigenvalue weighted by Gasteiger charge is -2.17. The van der Waals surface area contributed by atoms with Gasteiger partial charge in [-0.15, -0.1) is 0 Å². The molecule has 4 atom stereocenters. The molecule has 0 spiro atoms. The number of esters is 1. The average molecular weight is 308 g/mol. The predicted molar refractivity (Wildman–Crippen MR) is 83.2 cm³/mol. The summed E-state index contributed by atoms with van der Waals surface area (Å²) in [7, 11) is 0. The fourth-order valence-electron chi connectivity index (χ4n) is 3.98. The monoisotopic (exact) mass is 308 g/mol. The molecule has 1 saturated carbocycles. The van der Waals surface area contributed by atoms with Crippen LogP contribution in [-0.2, 0) is 19.0 Å². The summed E-state index contributed by atoms with van der Waals surface area (Å²) in [5.41, 5.74) is 0. The van der Waals surface area contributed by atoms with Crippen molar-refractivity contribution in [3.8, 4) is 0 Å². The maximum Gasteiger partial charge on any atom is 0.305 e. The molecule has 0 aromatic rings. The second-order valence-electron chi connectivity index (χ2n) is 6.95. The smallest absolute Gasteiger partial charge is 0.305 e. The summed E-state index contributed by atoms with van der Waals surface area (Å²) < 4.78 is 15.5. The highest BCUT2D eigenvalue weighted by Gasteiger charge is 2.34. The number of ether oxygens (including phenoxy) is 3. The van der Waals surface area contributed by atoms with Gasteiger partial charge in [0.05, 0.1) is 6.61 Å². The van der Waals surface area contributed by atoms with Crippen molar-refractivity contribution in [3.05, 3.63) is 12.2 Å². The largest absolute Gasteiger partial charge is 0.463 e. The fraction of sp³-hybridized carbons (Fsp3) is 0.833. The molecule has 0 radical (unpaired) electrons. The third kappa shape index (κ3) is 4.56. The number of hydrogen-bond acceptors (Lipinski definition) is 4. The van der Waals surface area contributed by atoms with Crippen LogP contribution in [0.5, 0.6) is 0 Å². The minimum absolute atomic E-state index is 0.0697. The number of rotatable bonds is 9. The number of carbonyl (C=O) groups is 1. The molecule has 22 heavy (non-hydrogen) atoms. The molecule has 0 aromatic carbocycles. The molecule has 0 N–H and O–H groups in total. The summed E-state index contributed by atoms with van der Waals surface area (Å²) >= 11 is 0. The minimum Gasteiger partial charge on any atom is -0.463 e. The van der Waals surface area contributed by atoms with Gasteiger partial charge in [-0.1, -0.05) is 31.4 Å². The van der Waals surface area contributed by atoms with Crippen molar-refractivity contribution in [2.75, 3.05) is 20.0 Å². The highest BCUT2D eigenvalue weighted by atomic mass is 16.7. The third-order valence-electron chi connectivity index (χ3n) is 5.24. The first-order chi connectivity index (χ1) is 10.8. The SMILES string of the molecule is O=C(CCCCCCC1CC2C=CC1C2)OCC1COCO1. The van der Waals surface area contributed by atoms with Crippen LogP contribution >= 0.6 is 0 Å². The van der Waals surface area contributed by atoms with Gasteiger partial charge < -0.3 is 14.2 Å². The van der Waals surface area contributed by atoms with Crippen LogP contribution in [0.2, 0.25) is 0 Å². The Morgan fingerprint density at radius 2 is 2.05 bits per heavy atom. The average Bonchev–Trinajstić information content (AvgIpc) is 3.26. The molecule has 2 aliphatic carbocycles. The van der Waals surface area contributed by atoms with Gasteiger partial charge in [0, 0.05) is 6.42 Å². The van der Waals surface area contributed by atoms with Crippen molar-refractivity contribution in [3.63, 3.8) is 0 Å². The van der Waals surface area contributed by atoms with Gasteiger partial charge in [0.15, 0.2) is 0 Å². The molecule has 4 unspecified atom stereocenters. The number of unbranched alkanes of at least 4 members (excludes halogenated alkanes) is 3. The van der Waals surface area contributed by atoms with Crippen LogP contribution in [0, 0.1) is 17.8 Å². The Morgan fingerprint density at radius 3 is 2.77 bits per heavy atom. The van der Waals surface area contributed by atoms with E-state index in [1.807, 2.05) is 0 Å². The van der Waals surface area contributed by atoms with Crippen molar-refractivity contribution in [2.24, 2.45) is 17.8 Å². The third-order valence-corrected chi connectivity index (χ3v) is 5.24. The van der Waals surface area contributed by atoms with E-state index in [1.165, 1.54) is 32.1 Å². The van der Waals surface area contributed by atoms with E-state index in [1.54, 1.807) is 0 Å². The number of fused-ring (bicyclic) bond motifs is 2. The first-order valence-electron chi connectivity index (χ1n) is 8.84. The summed E-state index contributed by atoms with van der Waals surface area (Å²) in [5, 5.41) is 0. The van der Waals surface area contributed by atoms with Crippen LogP contribution in [0.15, 0.2) is 12.2 Å². The molecular weight excluding hydrogens is 280 g/mol. The normalized spacial score (nSPS) is 32.7. The van der Waals surface area contributed by atoms with Gasteiger partial charge in [0.2, 0.25) is 0 Å². The number of hydrogen-bond donors (Lipinski definition) is 0. The van der Waals surface area contributed by atoms with Gasteiger partial charge in [0.25, 0.3) is 0 Å². The van der Waals surface area contributed by atoms with E-state index < -0.39 is 0 Å². The molecule has 3 aliphatic rings. The van der Waals surface area contributed by atoms with Gasteiger partial charge >= 0.3 is 5.97 Å². The van der Waals surface area contributed by atoms with Crippen molar-refractivity contribution < 1.29 is 19.0 Å². The molecule has 1 heterocycles. The van der Waals surface area contributed by atoms with Crippen molar-refractivity contribution in [1.82, 2.24) is 0 Å². The summed E-state index contributed by atoms with van der Waals surface area (Å²) in [6, 6.07) is 0. The van der Waals surface area contributed by atoms with Gasteiger partial charge in [-0.25, -0.2) is 0 Å². The van der Waals surface area contributed by atoms with Crippen molar-refractivity contribution >= 4 is 5.97 Å². The Hall–Kier alpha value is -0.870. The first kappa shape index (κ1) is 16.0. The Kier molecular flexibility index (Phi) is 5.90. The minimum atomic E-state index is -0.103. The molecular formula is C18H28O4. The molecule has 1 aliphatic heterocycles. The number of allylic oxidation sites excluding steroid dienone is 2. The van der Waals surface area contributed by atoms with Gasteiger partial charge in [0.1, 0.15) is 19.5 Å². The Balaban J connectivity index is 1.15. The van der Waals surface area contributed by atoms with E-state index in [-0.39, 0.29) is 12.1 Å². The summed E-state index contributed by atoms with van der Waals surface area (Å²) in [5.74, 6) is 2.60. The molecule has 3 rings (SSSR count). The quantitative estimate of drug-likeness (QED) is 0.372. The standard InChI is InChI=1S/C18H28O4/c19-18(21-12-17-11-20-13-22-17)6-4-2-1-3-5-15-9-14-7-8-16(15)10-14/h7-8,14-17H,1-6,9-13H2. The predicted octanol–water partition coefficient (Wildman–Crippen LogP) is 3.46. The zero-order valence-electron chi connectivity index (χ0n) is 13.4. The second kappa shape index (κ2) is 8.11. The van der Waals surface area contributed by atoms with Crippen molar-refractivity contribution in [2.45, 2.75) is 57.5 Å². The molecule has 1 saturated heterocycles. The highest BCUT2D eigenvalue weighted by molar-refractivity contribution is 5.69. The van der Waals surface area contributed by atoms with Crippen LogP contribution in [0.4, 0.5) is 0 Å². The lowest BCUT2D eigenvalue weighted by atomic mass is 9.88. The van der Waals surface area contributed by atoms with Crippen LogP contribution in [0.3, 0.4) is 0 Å². The Morgan fingerprint density at radius 1 is 1.14 bits per heavy atom. The molecule has 124 valence electrons. The fourth-order valence-corrected chi connectivity index (χ4v) is 3.98. The van der Waals surface area contributed by atoms with E-state index >= 15 is 0 Å². The highest BCUT2D eigenvalue weighted by Crippen LogP contribution is 2.45. The Bertz CT molecular complexity index is 387.